The summed E-state index contributed by atoms with van der Waals surface area (Å²) in [5.74, 6) is -5.06. The number of phenolic OH excluding ortho intramolecular Hbond substituents is 1. The number of methoxy groups -OCH3 is 1. The van der Waals surface area contributed by atoms with Gasteiger partial charge in [-0.2, -0.15) is 0 Å². The van der Waals surface area contributed by atoms with Crippen LogP contribution in [0, 0.1) is 29.6 Å². The number of rotatable bonds is 8. The molecule has 9 rings (SSSR count). The van der Waals surface area contributed by atoms with Crippen molar-refractivity contribution < 1.29 is 29.0 Å². The van der Waals surface area contributed by atoms with Gasteiger partial charge in [0.15, 0.2) is 0 Å². The number of allylic oxidation sites excluding steroid dienone is 2. The Labute approximate surface area is 318 Å². The molecule has 55 heavy (non-hydrogen) atoms. The average molecular weight is 731 g/mol. The largest absolute Gasteiger partial charge is 0.508 e. The number of benzene rings is 5. The van der Waals surface area contributed by atoms with Gasteiger partial charge in [0.1, 0.15) is 11.5 Å². The average Bonchev–Trinajstić information content (AvgIpc) is 3.62. The lowest BCUT2D eigenvalue weighted by Gasteiger charge is -2.44. The zero-order valence-electron chi connectivity index (χ0n) is 30.0. The van der Waals surface area contributed by atoms with Crippen molar-refractivity contribution in [3.05, 3.63) is 145 Å². The smallest absolute Gasteiger partial charge is 0.238 e. The molecule has 4 aliphatic rings. The predicted octanol–water partition coefficient (Wildman–Crippen LogP) is 7.93. The minimum absolute atomic E-state index is 0.0681. The summed E-state index contributed by atoms with van der Waals surface area (Å²) in [5.41, 5.74) is 5.63. The molecule has 10 heteroatoms. The van der Waals surface area contributed by atoms with E-state index in [0.29, 0.717) is 29.1 Å². The van der Waals surface area contributed by atoms with Gasteiger partial charge in [0.05, 0.1) is 42.2 Å². The zero-order chi connectivity index (χ0) is 37.8. The number of carbonyl (C=O) groups excluding carboxylic acids is 4. The summed E-state index contributed by atoms with van der Waals surface area (Å²) in [6.07, 6.45) is 2.51. The summed E-state index contributed by atoms with van der Waals surface area (Å²) < 4.78 is 5.36. The minimum atomic E-state index is -0.819. The Morgan fingerprint density at radius 3 is 1.62 bits per heavy atom. The normalized spacial score (nSPS) is 24.2. The van der Waals surface area contributed by atoms with Gasteiger partial charge >= 0.3 is 0 Å². The summed E-state index contributed by atoms with van der Waals surface area (Å²) in [5, 5.41) is 18.1. The molecule has 2 aliphatic heterocycles. The lowest BCUT2D eigenvalue weighted by molar-refractivity contribution is -0.126. The van der Waals surface area contributed by atoms with Gasteiger partial charge in [0.2, 0.25) is 23.6 Å². The van der Waals surface area contributed by atoms with Gasteiger partial charge in [-0.15, -0.1) is 0 Å². The lowest BCUT2D eigenvalue weighted by atomic mass is 9.57. The summed E-state index contributed by atoms with van der Waals surface area (Å²) in [4.78, 5) is 60.1. The zero-order valence-corrected chi connectivity index (χ0v) is 30.0. The maximum atomic E-state index is 14.6. The molecule has 10 nitrogen and oxygen atoms in total. The van der Waals surface area contributed by atoms with E-state index in [1.54, 1.807) is 36.4 Å². The fourth-order valence-electron chi connectivity index (χ4n) is 9.12. The van der Waals surface area contributed by atoms with Crippen LogP contribution in [0.3, 0.4) is 0 Å². The lowest BCUT2D eigenvalue weighted by Crippen LogP contribution is -2.43. The van der Waals surface area contributed by atoms with Crippen LogP contribution in [0.5, 0.6) is 11.5 Å². The Bertz CT molecular complexity index is 2350. The van der Waals surface area contributed by atoms with E-state index in [0.717, 1.165) is 28.3 Å². The number of nitrogens with zero attached hydrogens (tertiary/aromatic N) is 2. The van der Waals surface area contributed by atoms with E-state index in [9.17, 15) is 24.3 Å². The first-order valence-corrected chi connectivity index (χ1v) is 18.5. The molecule has 6 atom stereocenters. The highest BCUT2D eigenvalue weighted by atomic mass is 16.5. The number of imide groups is 2. The molecule has 274 valence electrons. The van der Waals surface area contributed by atoms with Crippen LogP contribution in [0.25, 0.3) is 0 Å². The number of aromatic hydroxyl groups is 1. The number of carbonyl (C=O) groups is 4. The summed E-state index contributed by atoms with van der Waals surface area (Å²) in [7, 11) is 1.50. The standard InChI is InChI=1S/C45H38N4O6/c1-55-32-20-21-34(38(50)24-32)39-33-22-23-35-40(44(53)48(42(35)51)30-16-12-28(13-17-30)46-26-8-4-2-5-9-26)36(33)25-37-41(39)45(54)49(43(37)52)31-18-14-29(15-19-31)47-27-10-6-3-7-11-27/h2-22,24,35-37,39-41,46-47,50H,23,25H2,1H3/t35-,36+,37+,39+,40-,41+/m0/s1. The Kier molecular flexibility index (Phi) is 8.45. The second-order valence-corrected chi connectivity index (χ2v) is 14.5. The maximum absolute atomic E-state index is 14.6. The maximum Gasteiger partial charge on any atom is 0.238 e. The van der Waals surface area contributed by atoms with E-state index < -0.39 is 35.5 Å². The molecule has 0 spiro atoms. The SMILES string of the molecule is COc1ccc([C@H]2C3=CC[C@@H]4C(=O)N(c5ccc(Nc6ccccc6)cc5)C(=O)[C@@H]4[C@@H]3C[C@H]3C(=O)N(c4ccc(Nc5ccccc5)cc4)C(=O)[C@@H]23)c(O)c1. The van der Waals surface area contributed by atoms with E-state index in [1.165, 1.54) is 23.0 Å². The number of ether oxygens (including phenoxy) is 1. The van der Waals surface area contributed by atoms with E-state index >= 15 is 0 Å². The minimum Gasteiger partial charge on any atom is -0.508 e. The molecule has 0 bridgehead atoms. The van der Waals surface area contributed by atoms with Crippen LogP contribution < -0.4 is 25.2 Å². The van der Waals surface area contributed by atoms with E-state index in [4.69, 9.17) is 4.74 Å². The van der Waals surface area contributed by atoms with Crippen molar-refractivity contribution in [1.29, 1.82) is 0 Å². The number of hydrogen-bond donors (Lipinski definition) is 3. The topological polar surface area (TPSA) is 128 Å². The van der Waals surface area contributed by atoms with Gasteiger partial charge in [0.25, 0.3) is 0 Å². The quantitative estimate of drug-likeness (QED) is 0.109. The number of nitrogens with one attached hydrogen (secondary N) is 2. The Morgan fingerprint density at radius 2 is 1.09 bits per heavy atom. The first-order chi connectivity index (χ1) is 26.8. The molecule has 0 radical (unpaired) electrons. The molecule has 1 saturated carbocycles. The number of para-hydroxylation sites is 2. The number of fused-ring (bicyclic) bond motifs is 4. The van der Waals surface area contributed by atoms with Gasteiger partial charge < -0.3 is 20.5 Å². The molecule has 2 saturated heterocycles. The highest BCUT2D eigenvalue weighted by molar-refractivity contribution is 6.24. The highest BCUT2D eigenvalue weighted by Gasteiger charge is 2.62. The molecule has 2 aliphatic carbocycles. The summed E-state index contributed by atoms with van der Waals surface area (Å²) in [6.45, 7) is 0. The fraction of sp³-hybridized carbons (Fsp3) is 0.200. The van der Waals surface area contributed by atoms with Gasteiger partial charge in [-0.25, -0.2) is 0 Å². The monoisotopic (exact) mass is 730 g/mol. The molecule has 3 fully saturated rings. The second kappa shape index (κ2) is 13.6. The number of amides is 4. The second-order valence-electron chi connectivity index (χ2n) is 14.5. The van der Waals surface area contributed by atoms with E-state index in [1.807, 2.05) is 91.0 Å². The van der Waals surface area contributed by atoms with Crippen LogP contribution in [0.15, 0.2) is 139 Å². The molecular weight excluding hydrogens is 693 g/mol. The van der Waals surface area contributed by atoms with Crippen LogP contribution in [-0.4, -0.2) is 35.8 Å². The van der Waals surface area contributed by atoms with Crippen LogP contribution in [0.4, 0.5) is 34.1 Å². The van der Waals surface area contributed by atoms with Crippen molar-refractivity contribution in [3.63, 3.8) is 0 Å². The number of phenols is 1. The summed E-state index contributed by atoms with van der Waals surface area (Å²) in [6, 6.07) is 38.7. The van der Waals surface area contributed by atoms with Crippen LogP contribution in [-0.2, 0) is 19.2 Å². The van der Waals surface area contributed by atoms with Crippen molar-refractivity contribution >= 4 is 57.8 Å². The van der Waals surface area contributed by atoms with E-state index in [2.05, 4.69) is 10.6 Å². The summed E-state index contributed by atoms with van der Waals surface area (Å²) >= 11 is 0. The third kappa shape index (κ3) is 5.81. The molecule has 4 amide bonds. The number of hydrogen-bond acceptors (Lipinski definition) is 8. The van der Waals surface area contributed by atoms with Gasteiger partial charge in [-0.3, -0.25) is 29.0 Å². The third-order valence-corrected chi connectivity index (χ3v) is 11.6. The van der Waals surface area contributed by atoms with Crippen molar-refractivity contribution in [2.45, 2.75) is 18.8 Å². The van der Waals surface area contributed by atoms with Crippen molar-refractivity contribution in [3.8, 4) is 11.5 Å². The van der Waals surface area contributed by atoms with Crippen LogP contribution >= 0.6 is 0 Å². The Hall–Kier alpha value is -6.68. The molecule has 0 unspecified atom stereocenters. The van der Waals surface area contributed by atoms with E-state index in [-0.39, 0.29) is 35.8 Å². The van der Waals surface area contributed by atoms with Crippen LogP contribution in [0.1, 0.15) is 24.3 Å². The Morgan fingerprint density at radius 1 is 0.582 bits per heavy atom. The van der Waals surface area contributed by atoms with Gasteiger partial charge in [-0.1, -0.05) is 54.1 Å². The molecule has 5 aromatic carbocycles. The van der Waals surface area contributed by atoms with Gasteiger partial charge in [0, 0.05) is 40.3 Å². The molecular formula is C45H38N4O6. The molecule has 5 aromatic rings. The fourth-order valence-corrected chi connectivity index (χ4v) is 9.12. The Balaban J connectivity index is 1.05. The molecule has 0 aromatic heterocycles. The highest BCUT2D eigenvalue weighted by Crippen LogP contribution is 2.59. The predicted molar refractivity (Wildman–Crippen MR) is 209 cm³/mol. The van der Waals surface area contributed by atoms with Crippen molar-refractivity contribution in [2.75, 3.05) is 27.5 Å². The molecule has 3 N–H and O–H groups in total. The molecule has 2 heterocycles. The first kappa shape index (κ1) is 34.1. The van der Waals surface area contributed by atoms with Gasteiger partial charge in [-0.05, 0) is 97.6 Å². The van der Waals surface area contributed by atoms with Crippen molar-refractivity contribution in [1.82, 2.24) is 0 Å². The number of anilines is 6. The van der Waals surface area contributed by atoms with Crippen LogP contribution in [0.2, 0.25) is 0 Å². The first-order valence-electron chi connectivity index (χ1n) is 18.5. The van der Waals surface area contributed by atoms with Crippen molar-refractivity contribution in [2.24, 2.45) is 29.6 Å². The third-order valence-electron chi connectivity index (χ3n) is 11.6.